The van der Waals surface area contributed by atoms with Crippen molar-refractivity contribution in [2.45, 2.75) is 31.1 Å². The van der Waals surface area contributed by atoms with Crippen molar-refractivity contribution >= 4 is 32.4 Å². The van der Waals surface area contributed by atoms with Crippen LogP contribution in [0.15, 0.2) is 47.4 Å². The minimum Gasteiger partial charge on any atom is -0.296 e. The number of carbonyl (C=O) groups excluding carboxylic acids is 1. The van der Waals surface area contributed by atoms with Crippen molar-refractivity contribution in [3.63, 3.8) is 0 Å². The Morgan fingerprint density at radius 2 is 1.79 bits per heavy atom. The van der Waals surface area contributed by atoms with Gasteiger partial charge in [0.15, 0.2) is 0 Å². The number of amides is 1. The monoisotopic (exact) mass is 434 g/mol. The summed E-state index contributed by atoms with van der Waals surface area (Å²) in [6, 6.07) is 10.8. The minimum absolute atomic E-state index is 0.172. The number of nitrogens with zero attached hydrogens (tertiary/aromatic N) is 2. The van der Waals surface area contributed by atoms with Gasteiger partial charge in [-0.3, -0.25) is 10.1 Å². The summed E-state index contributed by atoms with van der Waals surface area (Å²) in [5.74, 6) is -1.72. The Morgan fingerprint density at radius 1 is 1.14 bits per heavy atom. The van der Waals surface area contributed by atoms with Gasteiger partial charge < -0.3 is 0 Å². The van der Waals surface area contributed by atoms with Crippen LogP contribution in [0, 0.1) is 12.7 Å². The highest BCUT2D eigenvalue weighted by Gasteiger charge is 2.28. The molecule has 0 aliphatic rings. The third-order valence-corrected chi connectivity index (χ3v) is 6.54. The van der Waals surface area contributed by atoms with E-state index >= 15 is 0 Å². The van der Waals surface area contributed by atoms with Gasteiger partial charge in [0, 0.05) is 5.41 Å². The lowest BCUT2D eigenvalue weighted by molar-refractivity contribution is 0.102. The molecule has 0 fully saturated rings. The van der Waals surface area contributed by atoms with Gasteiger partial charge in [-0.15, -0.1) is 10.2 Å². The van der Waals surface area contributed by atoms with Crippen molar-refractivity contribution in [3.8, 4) is 0 Å². The highest BCUT2D eigenvalue weighted by Crippen LogP contribution is 2.35. The first-order chi connectivity index (χ1) is 13.5. The number of hydrogen-bond acceptors (Lipinski definition) is 6. The van der Waals surface area contributed by atoms with Crippen molar-refractivity contribution in [2.24, 2.45) is 5.14 Å². The minimum atomic E-state index is -4.07. The highest BCUT2D eigenvalue weighted by molar-refractivity contribution is 7.89. The molecule has 0 radical (unpaired) electrons. The highest BCUT2D eigenvalue weighted by atomic mass is 32.2. The van der Waals surface area contributed by atoms with Crippen LogP contribution in [0.5, 0.6) is 0 Å². The largest absolute Gasteiger partial charge is 0.296 e. The second kappa shape index (κ2) is 7.62. The van der Waals surface area contributed by atoms with E-state index in [0.717, 1.165) is 40.7 Å². The molecule has 1 aromatic heterocycles. The number of carbonyl (C=O) groups is 1. The number of aryl methyl sites for hydroxylation is 1. The van der Waals surface area contributed by atoms with Gasteiger partial charge in [-0.1, -0.05) is 41.2 Å². The van der Waals surface area contributed by atoms with E-state index in [1.807, 2.05) is 45.0 Å². The van der Waals surface area contributed by atoms with Crippen LogP contribution < -0.4 is 10.5 Å². The number of rotatable bonds is 5. The molecule has 0 unspecified atom stereocenters. The van der Waals surface area contributed by atoms with Gasteiger partial charge >= 0.3 is 0 Å². The fourth-order valence-corrected chi connectivity index (χ4v) is 4.04. The van der Waals surface area contributed by atoms with Gasteiger partial charge in [0.05, 0.1) is 10.5 Å². The summed E-state index contributed by atoms with van der Waals surface area (Å²) >= 11 is 1.16. The molecule has 0 saturated carbocycles. The van der Waals surface area contributed by atoms with E-state index in [1.165, 1.54) is 0 Å². The molecular formula is C19H19FN4O3S2. The Labute approximate surface area is 171 Å². The molecule has 3 N–H and O–H groups in total. The molecule has 0 atom stereocenters. The molecule has 1 amide bonds. The number of hydrogen-bond donors (Lipinski definition) is 2. The Hall–Kier alpha value is -2.69. The summed E-state index contributed by atoms with van der Waals surface area (Å²) in [4.78, 5) is 12.1. The third-order valence-electron chi connectivity index (χ3n) is 4.46. The molecule has 0 aliphatic heterocycles. The maximum Gasteiger partial charge on any atom is 0.260 e. The first-order valence-corrected chi connectivity index (χ1v) is 10.9. The lowest BCUT2D eigenvalue weighted by atomic mass is 9.85. The normalized spacial score (nSPS) is 12.0. The van der Waals surface area contributed by atoms with Crippen LogP contribution in [0.4, 0.5) is 9.52 Å². The average molecular weight is 435 g/mol. The number of nitrogens with two attached hydrogens (primary N) is 1. The van der Waals surface area contributed by atoms with Crippen LogP contribution in [0.25, 0.3) is 0 Å². The third kappa shape index (κ3) is 4.50. The molecule has 3 rings (SSSR count). The smallest absolute Gasteiger partial charge is 0.260 e. The van der Waals surface area contributed by atoms with E-state index in [-0.39, 0.29) is 10.0 Å². The van der Waals surface area contributed by atoms with E-state index in [9.17, 15) is 17.6 Å². The second-order valence-corrected chi connectivity index (χ2v) is 9.58. The predicted octanol–water partition coefficient (Wildman–Crippen LogP) is 3.21. The van der Waals surface area contributed by atoms with E-state index in [4.69, 9.17) is 5.14 Å². The van der Waals surface area contributed by atoms with Crippen molar-refractivity contribution < 1.29 is 17.6 Å². The SMILES string of the molecule is Cc1ccc(C(C)(C)c2nnc(NC(=O)c3cc(S(N)(=O)=O)ccc3F)s2)cc1. The molecule has 0 aliphatic carbocycles. The zero-order valence-electron chi connectivity index (χ0n) is 15.9. The molecular weight excluding hydrogens is 415 g/mol. The van der Waals surface area contributed by atoms with Gasteiger partial charge in [-0.05, 0) is 44.5 Å². The summed E-state index contributed by atoms with van der Waals surface area (Å²) in [6.45, 7) is 5.97. The molecule has 152 valence electrons. The number of sulfonamides is 1. The standard InChI is InChI=1S/C19H19FN4O3S2/c1-11-4-6-12(7-5-11)19(2,3)17-23-24-18(28-17)22-16(25)14-10-13(29(21,26)27)8-9-15(14)20/h4-10H,1-3H3,(H2,21,26,27)(H,22,24,25). The number of nitrogens with one attached hydrogen (secondary N) is 1. The topological polar surface area (TPSA) is 115 Å². The second-order valence-electron chi connectivity index (χ2n) is 7.04. The fraction of sp³-hybridized carbons (Fsp3) is 0.211. The van der Waals surface area contributed by atoms with Crippen LogP contribution in [0.1, 0.15) is 40.3 Å². The quantitative estimate of drug-likeness (QED) is 0.640. The molecule has 0 bridgehead atoms. The summed E-state index contributed by atoms with van der Waals surface area (Å²) in [5, 5.41) is 16.5. The van der Waals surface area contributed by atoms with E-state index in [1.54, 1.807) is 0 Å². The predicted molar refractivity (Wildman–Crippen MR) is 109 cm³/mol. The summed E-state index contributed by atoms with van der Waals surface area (Å²) in [7, 11) is -4.07. The maximum absolute atomic E-state index is 14.0. The van der Waals surface area contributed by atoms with Crippen LogP contribution in [-0.2, 0) is 15.4 Å². The zero-order valence-corrected chi connectivity index (χ0v) is 17.6. The van der Waals surface area contributed by atoms with Gasteiger partial charge in [0.2, 0.25) is 15.2 Å². The van der Waals surface area contributed by atoms with Crippen LogP contribution >= 0.6 is 11.3 Å². The van der Waals surface area contributed by atoms with Crippen molar-refractivity contribution in [3.05, 3.63) is 70.0 Å². The zero-order chi connectivity index (χ0) is 21.4. The number of aromatic nitrogens is 2. The fourth-order valence-electron chi connectivity index (χ4n) is 2.64. The number of halogens is 1. The molecule has 0 spiro atoms. The Kier molecular flexibility index (Phi) is 5.52. The summed E-state index contributed by atoms with van der Waals surface area (Å²) in [6.07, 6.45) is 0. The van der Waals surface area contributed by atoms with Gasteiger partial charge in [-0.2, -0.15) is 0 Å². The maximum atomic E-state index is 14.0. The van der Waals surface area contributed by atoms with Crippen molar-refractivity contribution in [1.82, 2.24) is 10.2 Å². The number of primary sulfonamides is 1. The molecule has 0 saturated heterocycles. The summed E-state index contributed by atoms with van der Waals surface area (Å²) in [5.41, 5.74) is 1.27. The lowest BCUT2D eigenvalue weighted by Gasteiger charge is -2.22. The molecule has 10 heteroatoms. The first kappa shape index (κ1) is 21.0. The number of anilines is 1. The van der Waals surface area contributed by atoms with Crippen LogP contribution in [0.3, 0.4) is 0 Å². The van der Waals surface area contributed by atoms with E-state index in [0.29, 0.717) is 5.01 Å². The Bertz CT molecular complexity index is 1170. The van der Waals surface area contributed by atoms with Crippen molar-refractivity contribution in [2.75, 3.05) is 5.32 Å². The van der Waals surface area contributed by atoms with Gasteiger partial charge in [0.1, 0.15) is 10.8 Å². The number of benzene rings is 2. The average Bonchev–Trinajstić information content (AvgIpc) is 3.10. The first-order valence-electron chi connectivity index (χ1n) is 8.53. The van der Waals surface area contributed by atoms with E-state index in [2.05, 4.69) is 15.5 Å². The molecule has 1 heterocycles. The Balaban J connectivity index is 1.85. The Morgan fingerprint density at radius 3 is 2.41 bits per heavy atom. The molecule has 7 nitrogen and oxygen atoms in total. The van der Waals surface area contributed by atoms with Crippen molar-refractivity contribution in [1.29, 1.82) is 0 Å². The van der Waals surface area contributed by atoms with Crippen LogP contribution in [0.2, 0.25) is 0 Å². The van der Waals surface area contributed by atoms with Gasteiger partial charge in [0.25, 0.3) is 5.91 Å². The molecule has 29 heavy (non-hydrogen) atoms. The van der Waals surface area contributed by atoms with E-state index < -0.39 is 32.7 Å². The molecule has 3 aromatic rings. The van der Waals surface area contributed by atoms with Gasteiger partial charge in [-0.25, -0.2) is 17.9 Å². The lowest BCUT2D eigenvalue weighted by Crippen LogP contribution is -2.18. The summed E-state index contributed by atoms with van der Waals surface area (Å²) < 4.78 is 36.9. The van der Waals surface area contributed by atoms with Crippen LogP contribution in [-0.4, -0.2) is 24.5 Å². The molecule has 2 aromatic carbocycles.